The summed E-state index contributed by atoms with van der Waals surface area (Å²) in [6, 6.07) is 10.6. The van der Waals surface area contributed by atoms with Crippen LogP contribution in [0.2, 0.25) is 0 Å². The van der Waals surface area contributed by atoms with Crippen LogP contribution in [0.25, 0.3) is 0 Å². The molecule has 1 fully saturated rings. The second-order valence-corrected chi connectivity index (χ2v) is 5.13. The van der Waals surface area contributed by atoms with E-state index in [9.17, 15) is 0 Å². The van der Waals surface area contributed by atoms with Gasteiger partial charge in [0.1, 0.15) is 0 Å². The van der Waals surface area contributed by atoms with Gasteiger partial charge >= 0.3 is 0 Å². The predicted molar refractivity (Wildman–Crippen MR) is 70.9 cm³/mol. The molecule has 2 heteroatoms. The van der Waals surface area contributed by atoms with Crippen LogP contribution >= 0.6 is 0 Å². The van der Waals surface area contributed by atoms with Gasteiger partial charge in [-0.2, -0.15) is 0 Å². The first-order valence-electron chi connectivity index (χ1n) is 6.61. The second-order valence-electron chi connectivity index (χ2n) is 5.13. The molecule has 1 atom stereocenters. The van der Waals surface area contributed by atoms with Crippen molar-refractivity contribution < 1.29 is 4.74 Å². The molecule has 1 aliphatic carbocycles. The Balaban J connectivity index is 2.04. The van der Waals surface area contributed by atoms with Crippen LogP contribution in [0.5, 0.6) is 0 Å². The van der Waals surface area contributed by atoms with Gasteiger partial charge in [0.2, 0.25) is 0 Å². The zero-order valence-corrected chi connectivity index (χ0v) is 10.7. The molecule has 0 amide bonds. The van der Waals surface area contributed by atoms with Crippen molar-refractivity contribution in [2.75, 3.05) is 7.11 Å². The number of hydrogen-bond donors (Lipinski definition) is 1. The highest BCUT2D eigenvalue weighted by atomic mass is 16.5. The number of benzene rings is 1. The van der Waals surface area contributed by atoms with Crippen molar-refractivity contribution >= 4 is 0 Å². The summed E-state index contributed by atoms with van der Waals surface area (Å²) < 4.78 is 5.79. The first kappa shape index (κ1) is 12.6. The normalized spacial score (nSPS) is 21.1. The summed E-state index contributed by atoms with van der Waals surface area (Å²) in [5, 5.41) is 0. The number of methoxy groups -OCH3 is 1. The average Bonchev–Trinajstić information content (AvgIpc) is 2.40. The van der Waals surface area contributed by atoms with Crippen molar-refractivity contribution in [2.45, 2.75) is 50.2 Å². The molecule has 1 saturated carbocycles. The largest absolute Gasteiger partial charge is 0.377 e. The van der Waals surface area contributed by atoms with Gasteiger partial charge in [0, 0.05) is 13.2 Å². The SMILES string of the molecule is COC1(C(N)Cc2ccccc2)CCCCC1. The average molecular weight is 233 g/mol. The van der Waals surface area contributed by atoms with Crippen LogP contribution in [0.3, 0.4) is 0 Å². The lowest BCUT2D eigenvalue weighted by molar-refractivity contribution is -0.0582. The van der Waals surface area contributed by atoms with Gasteiger partial charge in [0.25, 0.3) is 0 Å². The Morgan fingerprint density at radius 3 is 2.41 bits per heavy atom. The van der Waals surface area contributed by atoms with Crippen LogP contribution in [0.4, 0.5) is 0 Å². The van der Waals surface area contributed by atoms with Gasteiger partial charge < -0.3 is 10.5 Å². The monoisotopic (exact) mass is 233 g/mol. The topological polar surface area (TPSA) is 35.2 Å². The Labute approximate surface area is 104 Å². The lowest BCUT2D eigenvalue weighted by Gasteiger charge is -2.41. The van der Waals surface area contributed by atoms with Crippen molar-refractivity contribution in [3.05, 3.63) is 35.9 Å². The number of ether oxygens (including phenoxy) is 1. The van der Waals surface area contributed by atoms with Crippen LogP contribution in [-0.2, 0) is 11.2 Å². The van der Waals surface area contributed by atoms with Crippen molar-refractivity contribution in [1.29, 1.82) is 0 Å². The molecule has 1 aliphatic rings. The van der Waals surface area contributed by atoms with E-state index in [1.165, 1.54) is 24.8 Å². The van der Waals surface area contributed by atoms with Crippen molar-refractivity contribution in [3.8, 4) is 0 Å². The minimum atomic E-state index is -0.0892. The van der Waals surface area contributed by atoms with Crippen LogP contribution in [-0.4, -0.2) is 18.8 Å². The summed E-state index contributed by atoms with van der Waals surface area (Å²) in [6.07, 6.45) is 6.94. The van der Waals surface area contributed by atoms with Crippen LogP contribution in [0.1, 0.15) is 37.7 Å². The number of rotatable bonds is 4. The maximum Gasteiger partial charge on any atom is 0.0832 e. The minimum absolute atomic E-state index is 0.0892. The Hall–Kier alpha value is -0.860. The molecule has 0 aliphatic heterocycles. The summed E-state index contributed by atoms with van der Waals surface area (Å²) >= 11 is 0. The number of hydrogen-bond acceptors (Lipinski definition) is 2. The van der Waals surface area contributed by atoms with Gasteiger partial charge in [0.15, 0.2) is 0 Å². The molecule has 17 heavy (non-hydrogen) atoms. The van der Waals surface area contributed by atoms with Gasteiger partial charge in [-0.05, 0) is 24.8 Å². The third-order valence-corrected chi connectivity index (χ3v) is 4.08. The molecule has 94 valence electrons. The quantitative estimate of drug-likeness (QED) is 0.868. The lowest BCUT2D eigenvalue weighted by atomic mass is 9.77. The molecule has 2 rings (SSSR count). The van der Waals surface area contributed by atoms with Crippen molar-refractivity contribution in [2.24, 2.45) is 5.73 Å². The fourth-order valence-electron chi connectivity index (χ4n) is 2.93. The molecule has 0 bridgehead atoms. The first-order chi connectivity index (χ1) is 8.27. The maximum atomic E-state index is 6.40. The first-order valence-corrected chi connectivity index (χ1v) is 6.61. The second kappa shape index (κ2) is 5.65. The Kier molecular flexibility index (Phi) is 4.19. The Bertz CT molecular complexity index is 330. The van der Waals surface area contributed by atoms with Crippen LogP contribution < -0.4 is 5.73 Å². The molecular formula is C15H23NO. The fraction of sp³-hybridized carbons (Fsp3) is 0.600. The standard InChI is InChI=1S/C15H23NO/c1-17-15(10-6-3-7-11-15)14(16)12-13-8-4-2-5-9-13/h2,4-5,8-9,14H,3,6-7,10-12,16H2,1H3. The van der Waals surface area contributed by atoms with Gasteiger partial charge in [-0.15, -0.1) is 0 Å². The summed E-state index contributed by atoms with van der Waals surface area (Å²) in [6.45, 7) is 0. The minimum Gasteiger partial charge on any atom is -0.377 e. The molecule has 0 saturated heterocycles. The molecule has 1 aromatic rings. The van der Waals surface area contributed by atoms with Gasteiger partial charge in [0.05, 0.1) is 5.60 Å². The summed E-state index contributed by atoms with van der Waals surface area (Å²) in [7, 11) is 1.82. The summed E-state index contributed by atoms with van der Waals surface area (Å²) in [5.74, 6) is 0. The van der Waals surface area contributed by atoms with Crippen molar-refractivity contribution in [3.63, 3.8) is 0 Å². The van der Waals surface area contributed by atoms with E-state index in [1.54, 1.807) is 0 Å². The third kappa shape index (κ3) is 2.88. The zero-order chi connectivity index (χ0) is 12.1. The van der Waals surface area contributed by atoms with E-state index in [-0.39, 0.29) is 11.6 Å². The maximum absolute atomic E-state index is 6.40. The van der Waals surface area contributed by atoms with Gasteiger partial charge in [-0.1, -0.05) is 49.6 Å². The lowest BCUT2D eigenvalue weighted by Crippen LogP contribution is -2.51. The molecule has 1 unspecified atom stereocenters. The van der Waals surface area contributed by atoms with E-state index in [0.29, 0.717) is 0 Å². The molecule has 0 aromatic heterocycles. The fourth-order valence-corrected chi connectivity index (χ4v) is 2.93. The highest BCUT2D eigenvalue weighted by Crippen LogP contribution is 2.34. The van der Waals surface area contributed by atoms with E-state index in [1.807, 2.05) is 13.2 Å². The molecular weight excluding hydrogens is 210 g/mol. The smallest absolute Gasteiger partial charge is 0.0832 e. The highest BCUT2D eigenvalue weighted by molar-refractivity contribution is 5.17. The van der Waals surface area contributed by atoms with E-state index in [0.717, 1.165) is 19.3 Å². The molecule has 2 nitrogen and oxygen atoms in total. The molecule has 0 spiro atoms. The molecule has 1 aromatic carbocycles. The predicted octanol–water partition coefficient (Wildman–Crippen LogP) is 2.91. The van der Waals surface area contributed by atoms with E-state index in [2.05, 4.69) is 24.3 Å². The van der Waals surface area contributed by atoms with Crippen LogP contribution in [0, 0.1) is 0 Å². The zero-order valence-electron chi connectivity index (χ0n) is 10.7. The van der Waals surface area contributed by atoms with E-state index >= 15 is 0 Å². The van der Waals surface area contributed by atoms with Crippen molar-refractivity contribution in [1.82, 2.24) is 0 Å². The third-order valence-electron chi connectivity index (χ3n) is 4.08. The Morgan fingerprint density at radius 1 is 1.18 bits per heavy atom. The Morgan fingerprint density at radius 2 is 1.82 bits per heavy atom. The highest BCUT2D eigenvalue weighted by Gasteiger charge is 2.37. The van der Waals surface area contributed by atoms with Gasteiger partial charge in [-0.3, -0.25) is 0 Å². The molecule has 0 heterocycles. The van der Waals surface area contributed by atoms with Crippen LogP contribution in [0.15, 0.2) is 30.3 Å². The molecule has 2 N–H and O–H groups in total. The summed E-state index contributed by atoms with van der Waals surface area (Å²) in [5.41, 5.74) is 7.62. The van der Waals surface area contributed by atoms with E-state index < -0.39 is 0 Å². The van der Waals surface area contributed by atoms with E-state index in [4.69, 9.17) is 10.5 Å². The molecule has 0 radical (unpaired) electrons. The number of nitrogens with two attached hydrogens (primary N) is 1. The van der Waals surface area contributed by atoms with Gasteiger partial charge in [-0.25, -0.2) is 0 Å². The summed E-state index contributed by atoms with van der Waals surface area (Å²) in [4.78, 5) is 0.